The van der Waals surface area contributed by atoms with Crippen LogP contribution in [-0.4, -0.2) is 5.11 Å². The second-order valence-corrected chi connectivity index (χ2v) is 2.24. The molecule has 0 bridgehead atoms. The number of hydrogen-bond donors (Lipinski definition) is 1. The Kier molecular flexibility index (Phi) is 3.28. The van der Waals surface area contributed by atoms with E-state index in [0.29, 0.717) is 4.48 Å². The van der Waals surface area contributed by atoms with Crippen molar-refractivity contribution in [1.29, 1.82) is 0 Å². The Hall–Kier alpha value is -0.500. The van der Waals surface area contributed by atoms with E-state index < -0.39 is 0 Å². The van der Waals surface area contributed by atoms with Crippen LogP contribution in [0.15, 0.2) is 35.6 Å². The van der Waals surface area contributed by atoms with Gasteiger partial charge in [0.15, 0.2) is 0 Å². The van der Waals surface area contributed by atoms with Gasteiger partial charge in [0, 0.05) is 4.48 Å². The van der Waals surface area contributed by atoms with Crippen LogP contribution in [0.3, 0.4) is 0 Å². The Bertz CT molecular complexity index is 135. The second-order valence-electron chi connectivity index (χ2n) is 1.22. The van der Waals surface area contributed by atoms with Gasteiger partial charge in [0.25, 0.3) is 0 Å². The second kappa shape index (κ2) is 3.50. The van der Waals surface area contributed by atoms with Crippen LogP contribution in [0.4, 0.5) is 0 Å². The summed E-state index contributed by atoms with van der Waals surface area (Å²) < 4.78 is 0.634. The van der Waals surface area contributed by atoms with Gasteiger partial charge < -0.3 is 5.11 Å². The van der Waals surface area contributed by atoms with Gasteiger partial charge in [0.05, 0.1) is 0 Å². The van der Waals surface area contributed by atoms with Crippen molar-refractivity contribution in [3.05, 3.63) is 35.6 Å². The molecule has 0 unspecified atom stereocenters. The zero-order valence-corrected chi connectivity index (χ0v) is 5.98. The van der Waals surface area contributed by atoms with Gasteiger partial charge in [0.1, 0.15) is 5.76 Å². The molecular weight excluding hydrogens is 168 g/mol. The highest BCUT2D eigenvalue weighted by Crippen LogP contribution is 2.04. The third kappa shape index (κ3) is 3.68. The fourth-order valence-corrected chi connectivity index (χ4v) is 0.454. The summed E-state index contributed by atoms with van der Waals surface area (Å²) in [5.41, 5.74) is 0. The fraction of sp³-hybridized carbons (Fsp3) is 0. The highest BCUT2D eigenvalue weighted by molar-refractivity contribution is 9.11. The Labute approximate surface area is 57.2 Å². The van der Waals surface area contributed by atoms with Crippen LogP contribution in [0.1, 0.15) is 0 Å². The van der Waals surface area contributed by atoms with Crippen molar-refractivity contribution in [1.82, 2.24) is 0 Å². The number of halogens is 1. The van der Waals surface area contributed by atoms with Gasteiger partial charge in [-0.25, -0.2) is 0 Å². The van der Waals surface area contributed by atoms with Gasteiger partial charge in [-0.15, -0.1) is 0 Å². The first-order valence-corrected chi connectivity index (χ1v) is 2.83. The zero-order valence-electron chi connectivity index (χ0n) is 4.39. The highest BCUT2D eigenvalue weighted by atomic mass is 79.9. The van der Waals surface area contributed by atoms with E-state index in [1.54, 1.807) is 0 Å². The van der Waals surface area contributed by atoms with Crippen LogP contribution in [0.5, 0.6) is 0 Å². The molecule has 0 aliphatic carbocycles. The van der Waals surface area contributed by atoms with E-state index in [1.807, 2.05) is 0 Å². The molecule has 1 N–H and O–H groups in total. The maximum Gasteiger partial charge on any atom is 0.116 e. The van der Waals surface area contributed by atoms with Crippen molar-refractivity contribution < 1.29 is 5.11 Å². The van der Waals surface area contributed by atoms with Crippen molar-refractivity contribution >= 4 is 15.9 Å². The van der Waals surface area contributed by atoms with Crippen molar-refractivity contribution in [2.75, 3.05) is 0 Å². The molecule has 0 amide bonds. The first-order valence-electron chi connectivity index (χ1n) is 2.04. The van der Waals surface area contributed by atoms with E-state index in [4.69, 9.17) is 5.11 Å². The summed E-state index contributed by atoms with van der Waals surface area (Å²) in [5, 5.41) is 8.68. The molecule has 44 valence electrons. The lowest BCUT2D eigenvalue weighted by molar-refractivity contribution is 0.433. The molecule has 0 spiro atoms. The molecule has 0 fully saturated rings. The summed E-state index contributed by atoms with van der Waals surface area (Å²) >= 11 is 3.04. The summed E-state index contributed by atoms with van der Waals surface area (Å²) in [7, 11) is 0. The van der Waals surface area contributed by atoms with Crippen LogP contribution in [0.25, 0.3) is 0 Å². The summed E-state index contributed by atoms with van der Waals surface area (Å²) in [5.74, 6) is 0.117. The molecule has 0 aromatic carbocycles. The van der Waals surface area contributed by atoms with E-state index in [1.165, 1.54) is 12.2 Å². The van der Waals surface area contributed by atoms with E-state index >= 15 is 0 Å². The van der Waals surface area contributed by atoms with Gasteiger partial charge in [0.2, 0.25) is 0 Å². The Morgan fingerprint density at radius 1 is 1.62 bits per heavy atom. The maximum absolute atomic E-state index is 8.68. The first kappa shape index (κ1) is 7.50. The number of rotatable bonds is 2. The third-order valence-electron chi connectivity index (χ3n) is 0.514. The first-order chi connectivity index (χ1) is 3.66. The van der Waals surface area contributed by atoms with Crippen LogP contribution in [-0.2, 0) is 0 Å². The smallest absolute Gasteiger partial charge is 0.116 e. The SMILES string of the molecule is C=C/C(O)=C\C(=C)Br. The predicted molar refractivity (Wildman–Crippen MR) is 39.0 cm³/mol. The molecule has 0 saturated heterocycles. The number of aliphatic hydroxyl groups is 1. The molecular formula is C6H7BrO. The number of hydrogen-bond acceptors (Lipinski definition) is 1. The van der Waals surface area contributed by atoms with E-state index in [9.17, 15) is 0 Å². The molecule has 0 aliphatic heterocycles. The van der Waals surface area contributed by atoms with E-state index in [-0.39, 0.29) is 5.76 Å². The van der Waals surface area contributed by atoms with E-state index in [2.05, 4.69) is 29.1 Å². The standard InChI is InChI=1S/C6H7BrO/c1-3-6(8)4-5(2)7/h3-4,8H,1-2H2/b6-4+. The molecule has 8 heavy (non-hydrogen) atoms. The molecule has 0 radical (unpaired) electrons. The van der Waals surface area contributed by atoms with Crippen molar-refractivity contribution in [3.8, 4) is 0 Å². The number of allylic oxidation sites excluding steroid dienone is 3. The van der Waals surface area contributed by atoms with E-state index in [0.717, 1.165) is 0 Å². The van der Waals surface area contributed by atoms with Gasteiger partial charge in [-0.1, -0.05) is 29.1 Å². The molecule has 0 aliphatic rings. The average molecular weight is 175 g/mol. The number of aliphatic hydroxyl groups excluding tert-OH is 1. The summed E-state index contributed by atoms with van der Waals surface area (Å²) in [6.07, 6.45) is 2.80. The molecule has 0 atom stereocenters. The molecule has 0 rings (SSSR count). The highest BCUT2D eigenvalue weighted by Gasteiger charge is 1.81. The minimum Gasteiger partial charge on any atom is -0.508 e. The van der Waals surface area contributed by atoms with Crippen molar-refractivity contribution in [2.45, 2.75) is 0 Å². The summed E-state index contributed by atoms with van der Waals surface area (Å²) in [4.78, 5) is 0. The Morgan fingerprint density at radius 3 is 2.25 bits per heavy atom. The van der Waals surface area contributed by atoms with Crippen LogP contribution in [0.2, 0.25) is 0 Å². The third-order valence-corrected chi connectivity index (χ3v) is 0.743. The minimum absolute atomic E-state index is 0.117. The molecule has 0 heterocycles. The molecule has 0 aromatic rings. The topological polar surface area (TPSA) is 20.2 Å². The van der Waals surface area contributed by atoms with Gasteiger partial charge in [-0.2, -0.15) is 0 Å². The Balaban J connectivity index is 3.94. The predicted octanol–water partition coefficient (Wildman–Crippen LogP) is 2.52. The van der Waals surface area contributed by atoms with Crippen LogP contribution >= 0.6 is 15.9 Å². The lowest BCUT2D eigenvalue weighted by atomic mass is 10.4. The largest absolute Gasteiger partial charge is 0.508 e. The molecule has 2 heteroatoms. The molecule has 1 nitrogen and oxygen atoms in total. The van der Waals surface area contributed by atoms with Gasteiger partial charge in [-0.05, 0) is 12.2 Å². The lowest BCUT2D eigenvalue weighted by Gasteiger charge is -1.85. The van der Waals surface area contributed by atoms with Gasteiger partial charge in [-0.3, -0.25) is 0 Å². The minimum atomic E-state index is 0.117. The fourth-order valence-electron chi connectivity index (χ4n) is 0.219. The lowest BCUT2D eigenvalue weighted by Crippen LogP contribution is -1.69. The molecule has 0 aromatic heterocycles. The van der Waals surface area contributed by atoms with Gasteiger partial charge >= 0.3 is 0 Å². The maximum atomic E-state index is 8.68. The monoisotopic (exact) mass is 174 g/mol. The Morgan fingerprint density at radius 2 is 2.12 bits per heavy atom. The van der Waals surface area contributed by atoms with Crippen LogP contribution in [0, 0.1) is 0 Å². The summed E-state index contributed by atoms with van der Waals surface area (Å²) in [6, 6.07) is 0. The van der Waals surface area contributed by atoms with Crippen LogP contribution < -0.4 is 0 Å². The quantitative estimate of drug-likeness (QED) is 0.505. The average Bonchev–Trinajstić information content (AvgIpc) is 1.65. The van der Waals surface area contributed by atoms with Crippen molar-refractivity contribution in [2.24, 2.45) is 0 Å². The van der Waals surface area contributed by atoms with Crippen molar-refractivity contribution in [3.63, 3.8) is 0 Å². The summed E-state index contributed by atoms with van der Waals surface area (Å²) in [6.45, 7) is 6.81. The molecule has 0 saturated carbocycles. The zero-order chi connectivity index (χ0) is 6.57. The normalized spacial score (nSPS) is 10.9.